The van der Waals surface area contributed by atoms with Gasteiger partial charge >= 0.3 is 6.18 Å². The van der Waals surface area contributed by atoms with Gasteiger partial charge in [0.2, 0.25) is 0 Å². The average Bonchev–Trinajstić information content (AvgIpc) is 2.67. The van der Waals surface area contributed by atoms with Crippen molar-refractivity contribution >= 4 is 5.78 Å². The molecule has 2 N–H and O–H groups in total. The van der Waals surface area contributed by atoms with E-state index in [-0.39, 0.29) is 12.4 Å². The van der Waals surface area contributed by atoms with Crippen molar-refractivity contribution < 1.29 is 28.0 Å². The molecule has 28 heavy (non-hydrogen) atoms. The molecule has 0 fully saturated rings. The van der Waals surface area contributed by atoms with Crippen LogP contribution >= 0.6 is 0 Å². The van der Waals surface area contributed by atoms with Gasteiger partial charge in [-0.05, 0) is 25.0 Å². The maximum Gasteiger partial charge on any atom is 0.455 e. The minimum absolute atomic E-state index is 0.00263. The molecule has 6 heteroatoms. The van der Waals surface area contributed by atoms with Gasteiger partial charge in [0.1, 0.15) is 18.9 Å². The van der Waals surface area contributed by atoms with Gasteiger partial charge in [0.05, 0.1) is 12.1 Å². The summed E-state index contributed by atoms with van der Waals surface area (Å²) in [6.45, 7) is 4.16. The Morgan fingerprint density at radius 1 is 0.893 bits per heavy atom. The fourth-order valence-electron chi connectivity index (χ4n) is 3.11. The van der Waals surface area contributed by atoms with Crippen molar-refractivity contribution in [2.75, 3.05) is 19.7 Å². The van der Waals surface area contributed by atoms with E-state index in [9.17, 15) is 18.0 Å². The molecule has 0 atom stereocenters. The summed E-state index contributed by atoms with van der Waals surface area (Å²) in [5.41, 5.74) is -0.426. The fourth-order valence-corrected chi connectivity index (χ4v) is 3.11. The number of para-hydroxylation sites is 1. The lowest BCUT2D eigenvalue weighted by Crippen LogP contribution is -2.85. The van der Waals surface area contributed by atoms with Gasteiger partial charge in [-0.2, -0.15) is 13.2 Å². The molecule has 0 saturated carbocycles. The van der Waals surface area contributed by atoms with Gasteiger partial charge < -0.3 is 10.1 Å². The van der Waals surface area contributed by atoms with Gasteiger partial charge in [0.25, 0.3) is 5.78 Å². The number of hydrogen-bond acceptors (Lipinski definition) is 2. The third-order valence-electron chi connectivity index (χ3n) is 4.73. The van der Waals surface area contributed by atoms with E-state index in [0.717, 1.165) is 19.0 Å². The monoisotopic (exact) mass is 402 g/mol. The first-order valence-corrected chi connectivity index (χ1v) is 10.6. The lowest BCUT2D eigenvalue weighted by Gasteiger charge is -2.11. The fraction of sp³-hybridized carbons (Fsp3) is 0.682. The number of benzene rings is 1. The summed E-state index contributed by atoms with van der Waals surface area (Å²) in [4.78, 5) is 11.4. The number of Topliss-reactive ketones (excluding diaryl/α,β-unsaturated/α-hetero) is 1. The van der Waals surface area contributed by atoms with Crippen LogP contribution in [0.2, 0.25) is 0 Å². The van der Waals surface area contributed by atoms with Crippen LogP contribution in [0, 0.1) is 0 Å². The molecule has 0 unspecified atom stereocenters. The highest BCUT2D eigenvalue weighted by Gasteiger charge is 2.40. The van der Waals surface area contributed by atoms with E-state index in [0.29, 0.717) is 6.54 Å². The standard InChI is InChI=1S/C22H34F3NO2/c1-2-3-4-5-6-7-8-9-10-13-16-26-17-18-28-20-15-12-11-14-19(20)21(27)22(23,24)25/h11-12,14-15,26H,2-10,13,16-18H2,1H3/p+1. The van der Waals surface area contributed by atoms with Crippen molar-refractivity contribution in [3.05, 3.63) is 29.8 Å². The number of alkyl halides is 3. The summed E-state index contributed by atoms with van der Waals surface area (Å²) in [5.74, 6) is -1.87. The second-order valence-electron chi connectivity index (χ2n) is 7.22. The Morgan fingerprint density at radius 2 is 1.46 bits per heavy atom. The van der Waals surface area contributed by atoms with Crippen molar-refractivity contribution in [3.63, 3.8) is 0 Å². The average molecular weight is 403 g/mol. The molecule has 1 rings (SSSR count). The second kappa shape index (κ2) is 14.4. The van der Waals surface area contributed by atoms with E-state index in [4.69, 9.17) is 4.74 Å². The topological polar surface area (TPSA) is 42.9 Å². The Kier molecular flexibility index (Phi) is 12.6. The lowest BCUT2D eigenvalue weighted by atomic mass is 10.1. The summed E-state index contributed by atoms with van der Waals surface area (Å²) in [7, 11) is 0. The largest absolute Gasteiger partial charge is 0.487 e. The Labute approximate surface area is 167 Å². The van der Waals surface area contributed by atoms with Gasteiger partial charge in [0.15, 0.2) is 0 Å². The van der Waals surface area contributed by atoms with E-state index in [1.807, 2.05) is 0 Å². The molecule has 0 aliphatic heterocycles. The molecule has 0 aliphatic carbocycles. The van der Waals surface area contributed by atoms with Crippen LogP contribution in [0.1, 0.15) is 81.5 Å². The Bertz CT molecular complexity index is 547. The molecule has 0 aromatic heterocycles. The Morgan fingerprint density at radius 3 is 2.07 bits per heavy atom. The van der Waals surface area contributed by atoms with Crippen molar-refractivity contribution in [1.29, 1.82) is 0 Å². The number of carbonyl (C=O) groups excluding carboxylic acids is 1. The van der Waals surface area contributed by atoms with Crippen LogP contribution in [0.5, 0.6) is 5.75 Å². The van der Waals surface area contributed by atoms with E-state index < -0.39 is 17.5 Å². The number of unbranched alkanes of at least 4 members (excludes halogenated alkanes) is 9. The highest BCUT2D eigenvalue weighted by atomic mass is 19.4. The summed E-state index contributed by atoms with van der Waals surface area (Å²) < 4.78 is 43.2. The molecule has 0 spiro atoms. The van der Waals surface area contributed by atoms with Crippen LogP contribution < -0.4 is 10.1 Å². The van der Waals surface area contributed by atoms with Gasteiger partial charge in [-0.15, -0.1) is 0 Å². The Balaban J connectivity index is 2.06. The van der Waals surface area contributed by atoms with E-state index in [1.165, 1.54) is 69.9 Å². The van der Waals surface area contributed by atoms with Crippen LogP contribution in [0.15, 0.2) is 24.3 Å². The van der Waals surface area contributed by atoms with Gasteiger partial charge in [-0.1, -0.05) is 70.4 Å². The molecular formula is C22H35F3NO2+. The highest BCUT2D eigenvalue weighted by Crippen LogP contribution is 2.27. The van der Waals surface area contributed by atoms with E-state index in [2.05, 4.69) is 12.2 Å². The van der Waals surface area contributed by atoms with Crippen molar-refractivity contribution in [2.45, 2.75) is 77.3 Å². The second-order valence-corrected chi connectivity index (χ2v) is 7.22. The molecule has 0 heterocycles. The molecule has 0 radical (unpaired) electrons. The van der Waals surface area contributed by atoms with E-state index in [1.54, 1.807) is 6.07 Å². The predicted molar refractivity (Wildman–Crippen MR) is 106 cm³/mol. The number of carbonyl (C=O) groups is 1. The zero-order valence-electron chi connectivity index (χ0n) is 17.0. The summed E-state index contributed by atoms with van der Waals surface area (Å²) in [6.07, 6.45) is 8.09. The zero-order valence-corrected chi connectivity index (χ0v) is 17.0. The van der Waals surface area contributed by atoms with Crippen molar-refractivity contribution in [1.82, 2.24) is 0 Å². The zero-order chi connectivity index (χ0) is 20.7. The molecule has 160 valence electrons. The van der Waals surface area contributed by atoms with Crippen LogP contribution in [0.3, 0.4) is 0 Å². The SMILES string of the molecule is CCCCCCCCCCCC[NH2+]CCOc1ccccc1C(=O)C(F)(F)F. The Hall–Kier alpha value is -1.56. The number of nitrogens with two attached hydrogens (primary N) is 1. The quantitative estimate of drug-likeness (QED) is 0.301. The van der Waals surface area contributed by atoms with Crippen molar-refractivity contribution in [3.8, 4) is 5.75 Å². The first-order valence-electron chi connectivity index (χ1n) is 10.6. The molecular weight excluding hydrogens is 367 g/mol. The number of halogens is 3. The number of ether oxygens (including phenoxy) is 1. The van der Waals surface area contributed by atoms with Crippen LogP contribution in [-0.4, -0.2) is 31.7 Å². The molecule has 0 saturated heterocycles. The van der Waals surface area contributed by atoms with Crippen molar-refractivity contribution in [2.24, 2.45) is 0 Å². The van der Waals surface area contributed by atoms with E-state index >= 15 is 0 Å². The number of quaternary nitrogens is 1. The summed E-state index contributed by atoms with van der Waals surface area (Å²) in [5, 5.41) is 2.11. The van der Waals surface area contributed by atoms with Gasteiger partial charge in [-0.25, -0.2) is 0 Å². The molecule has 0 bridgehead atoms. The minimum Gasteiger partial charge on any atom is -0.487 e. The number of hydrogen-bond donors (Lipinski definition) is 1. The first kappa shape index (κ1) is 24.5. The molecule has 1 aromatic rings. The minimum atomic E-state index is -4.89. The third kappa shape index (κ3) is 10.7. The van der Waals surface area contributed by atoms with Gasteiger partial charge in [-0.3, -0.25) is 4.79 Å². The third-order valence-corrected chi connectivity index (χ3v) is 4.73. The highest BCUT2D eigenvalue weighted by molar-refractivity contribution is 6.02. The normalized spacial score (nSPS) is 11.6. The van der Waals surface area contributed by atoms with Crippen LogP contribution in [0.4, 0.5) is 13.2 Å². The van der Waals surface area contributed by atoms with Crippen LogP contribution in [0.25, 0.3) is 0 Å². The maximum atomic E-state index is 12.6. The molecule has 3 nitrogen and oxygen atoms in total. The predicted octanol–water partition coefficient (Wildman–Crippen LogP) is 5.29. The number of ketones is 1. The smallest absolute Gasteiger partial charge is 0.455 e. The maximum absolute atomic E-state index is 12.6. The van der Waals surface area contributed by atoms with Crippen LogP contribution in [-0.2, 0) is 0 Å². The molecule has 0 amide bonds. The number of rotatable bonds is 16. The summed E-state index contributed by atoms with van der Waals surface area (Å²) >= 11 is 0. The molecule has 0 aliphatic rings. The molecule has 1 aromatic carbocycles. The summed E-state index contributed by atoms with van der Waals surface area (Å²) in [6, 6.07) is 5.53. The lowest BCUT2D eigenvalue weighted by molar-refractivity contribution is -0.655. The first-order chi connectivity index (χ1) is 13.5. The van der Waals surface area contributed by atoms with Gasteiger partial charge in [0, 0.05) is 0 Å².